The summed E-state index contributed by atoms with van der Waals surface area (Å²) in [6, 6.07) is 7.98. The van der Waals surface area contributed by atoms with Crippen molar-refractivity contribution >= 4 is 46.1 Å². The third-order valence-electron chi connectivity index (χ3n) is 19.9. The third-order valence-corrected chi connectivity index (χ3v) is 19.9. The minimum Gasteiger partial charge on any atom is -0.511 e. The Balaban J connectivity index is 0.691. The van der Waals surface area contributed by atoms with Crippen LogP contribution in [-0.4, -0.2) is 56.3 Å². The Morgan fingerprint density at radius 3 is 1.35 bits per heavy atom. The number of aliphatic imine (C=N–C) groups is 6. The van der Waals surface area contributed by atoms with Crippen LogP contribution in [0.15, 0.2) is 262 Å². The lowest BCUT2D eigenvalue weighted by Crippen LogP contribution is -2.25. The largest absolute Gasteiger partial charge is 0.511 e. The number of aliphatic hydroxyl groups excluding tert-OH is 2. The smallest absolute Gasteiger partial charge is 0.220 e. The van der Waals surface area contributed by atoms with E-state index in [2.05, 4.69) is 126 Å². The van der Waals surface area contributed by atoms with Crippen molar-refractivity contribution in [1.82, 2.24) is 21.3 Å². The van der Waals surface area contributed by atoms with Crippen LogP contribution < -0.4 is 21.3 Å². The molecule has 1 aromatic rings. The first-order chi connectivity index (χ1) is 42.4. The third kappa shape index (κ3) is 9.72. The van der Waals surface area contributed by atoms with Crippen molar-refractivity contribution in [2.24, 2.45) is 53.6 Å². The van der Waals surface area contributed by atoms with E-state index in [1.54, 1.807) is 0 Å². The van der Waals surface area contributed by atoms with Crippen LogP contribution in [0.1, 0.15) is 132 Å². The van der Waals surface area contributed by atoms with Crippen LogP contribution in [0.3, 0.4) is 0 Å². The monoisotopic (exact) mass is 1170 g/mol. The highest BCUT2D eigenvalue weighted by atomic mass is 16.3. The van der Waals surface area contributed by atoms with Crippen LogP contribution >= 0.6 is 0 Å². The fraction of sp³-hybridized carbons (Fsp3) is 0.324. The van der Waals surface area contributed by atoms with Gasteiger partial charge in [-0.15, -0.1) is 0 Å². The average molecular weight is 1170 g/mol. The van der Waals surface area contributed by atoms with Crippen molar-refractivity contribution in [3.8, 4) is 0 Å². The van der Waals surface area contributed by atoms with Gasteiger partial charge in [0, 0.05) is 119 Å². The van der Waals surface area contributed by atoms with Gasteiger partial charge in [0.25, 0.3) is 0 Å². The number of aliphatic hydroxyl groups is 2. The summed E-state index contributed by atoms with van der Waals surface area (Å²) in [5, 5.41) is 37.2. The molecule has 0 aromatic heterocycles. The number of fused-ring (bicyclic) bond motifs is 10. The summed E-state index contributed by atoms with van der Waals surface area (Å²) in [6.45, 7) is 30.1. The van der Waals surface area contributed by atoms with Gasteiger partial charge in [-0.25, -0.2) is 30.0 Å². The second kappa shape index (κ2) is 22.4. The Hall–Kier alpha value is -9.30. The van der Waals surface area contributed by atoms with Crippen LogP contribution in [0.25, 0.3) is 0 Å². The number of rotatable bonds is 14. The molecule has 1 aromatic carbocycles. The molecule has 2 saturated heterocycles. The maximum atomic E-state index is 13.9. The van der Waals surface area contributed by atoms with Crippen LogP contribution in [-0.2, 0) is 22.7 Å². The molecule has 0 radical (unpaired) electrons. The van der Waals surface area contributed by atoms with Crippen molar-refractivity contribution in [1.29, 1.82) is 0 Å². The molecule has 10 aliphatic heterocycles. The molecule has 446 valence electrons. The van der Waals surface area contributed by atoms with E-state index in [1.807, 2.05) is 50.3 Å². The summed E-state index contributed by atoms with van der Waals surface area (Å²) < 4.78 is 0. The van der Waals surface area contributed by atoms with Crippen LogP contribution in [0.5, 0.6) is 0 Å². The molecule has 2 fully saturated rings. The standard InChI is InChI=1S/C74H76N10O4/c1-13-45-35(5)53-27-57-39(9)49(71(81-57)51-25-65(85)69-41(11)59(83-73(51)69)31-63-47(15-3)37(7)55(79-63)29-61(45)77-53)20-22-67(87)75-33-43-18-17-19-44(24-43)34-76-68(88)23-21-50-40(10)58-28-54-36(6)46(14-2)62(78-54)30-56-38(8)48(16-4)64(80-56)32-60-42(12)70-66(86)26-52(72(50)82-58)74(70)84-60/h13-14,17-19,24,27-32,39-40,49-50,81-82,85-86H,1-2,15-16,20-23,25-26,33-34H2,3-12H3,(H,75,87)(H,76,88)/t39-,40-,49-,50-/m0/s1. The summed E-state index contributed by atoms with van der Waals surface area (Å²) in [5.74, 6) is 0.316. The molecule has 14 nitrogen and oxygen atoms in total. The molecule has 12 aliphatic rings. The van der Waals surface area contributed by atoms with Gasteiger partial charge in [0.15, 0.2) is 0 Å². The van der Waals surface area contributed by atoms with Crippen molar-refractivity contribution in [3.05, 3.63) is 244 Å². The number of benzene rings is 1. The molecule has 0 unspecified atom stereocenters. The molecule has 88 heavy (non-hydrogen) atoms. The SMILES string of the molecule is C=CC1=C(C)C2=NC1=CC1=NC(=CC3=C(C)C4=C(O)CC(=C5NC(=C2)[C@@H](C)[C@@H]5CCC(=O)NCc2cccc(CNC(=O)CC[C@@H]5C6=C7CC(O)=C8C7=NC(=C8C)C=C7N=C(C=C8N=C(C=C(N6)[C@H]5C)C(C)=C8C=C)C(C)=C7CC)c2)C4=N3)C(CC)=C1C. The Labute approximate surface area is 515 Å². The van der Waals surface area contributed by atoms with Gasteiger partial charge in [0.1, 0.15) is 11.5 Å². The van der Waals surface area contributed by atoms with E-state index in [9.17, 15) is 19.8 Å². The fourth-order valence-electron chi connectivity index (χ4n) is 14.8. The first-order valence-corrected chi connectivity index (χ1v) is 31.2. The Morgan fingerprint density at radius 1 is 0.557 bits per heavy atom. The molecule has 6 N–H and O–H groups in total. The number of nitrogens with one attached hydrogen (secondary N) is 4. The van der Waals surface area contributed by atoms with Gasteiger partial charge >= 0.3 is 0 Å². The second-order valence-corrected chi connectivity index (χ2v) is 24.9. The maximum Gasteiger partial charge on any atom is 0.220 e. The zero-order valence-electron chi connectivity index (χ0n) is 52.1. The molecule has 13 rings (SSSR count). The van der Waals surface area contributed by atoms with E-state index in [1.165, 1.54) is 0 Å². The number of hydrogen-bond donors (Lipinski definition) is 6. The quantitative estimate of drug-likeness (QED) is 0.107. The number of nitrogens with zero attached hydrogens (tertiary/aromatic N) is 6. The predicted octanol–water partition coefficient (Wildman–Crippen LogP) is 14.2. The van der Waals surface area contributed by atoms with Gasteiger partial charge in [0.2, 0.25) is 11.8 Å². The number of hydrogen-bond acceptors (Lipinski definition) is 12. The maximum absolute atomic E-state index is 13.9. The van der Waals surface area contributed by atoms with E-state index in [0.717, 1.165) is 193 Å². The van der Waals surface area contributed by atoms with Gasteiger partial charge in [0.05, 0.1) is 68.5 Å². The molecule has 0 saturated carbocycles. The van der Waals surface area contributed by atoms with Gasteiger partial charge in [-0.05, 0) is 159 Å². The van der Waals surface area contributed by atoms with Gasteiger partial charge < -0.3 is 31.5 Å². The summed E-state index contributed by atoms with van der Waals surface area (Å²) >= 11 is 0. The number of allylic oxidation sites excluding steroid dienone is 24. The highest BCUT2D eigenvalue weighted by Gasteiger charge is 2.44. The summed E-state index contributed by atoms with van der Waals surface area (Å²) in [7, 11) is 0. The topological polar surface area (TPSA) is 197 Å². The Kier molecular flexibility index (Phi) is 14.7. The number of carbonyl (C=O) groups excluding carboxylic acids is 2. The van der Waals surface area contributed by atoms with Crippen LogP contribution in [0, 0.1) is 23.7 Å². The Bertz CT molecular complexity index is 4020. The highest BCUT2D eigenvalue weighted by molar-refractivity contribution is 6.23. The lowest BCUT2D eigenvalue weighted by atomic mass is 9.86. The van der Waals surface area contributed by atoms with Crippen LogP contribution in [0.4, 0.5) is 0 Å². The van der Waals surface area contributed by atoms with Gasteiger partial charge in [-0.3, -0.25) is 9.59 Å². The van der Waals surface area contributed by atoms with Gasteiger partial charge in [-0.2, -0.15) is 0 Å². The zero-order valence-corrected chi connectivity index (χ0v) is 52.1. The molecule has 2 amide bonds. The van der Waals surface area contributed by atoms with Crippen molar-refractivity contribution in [3.63, 3.8) is 0 Å². The first-order valence-electron chi connectivity index (χ1n) is 31.2. The molecule has 14 heteroatoms. The lowest BCUT2D eigenvalue weighted by molar-refractivity contribution is -0.122. The molecule has 0 spiro atoms. The summed E-state index contributed by atoms with van der Waals surface area (Å²) in [4.78, 5) is 58.9. The molecule has 4 atom stereocenters. The van der Waals surface area contributed by atoms with Crippen molar-refractivity contribution < 1.29 is 19.8 Å². The molecule has 2 aliphatic carbocycles. The molecular weight excluding hydrogens is 1090 g/mol. The van der Waals surface area contributed by atoms with Crippen LogP contribution in [0.2, 0.25) is 0 Å². The fourth-order valence-corrected chi connectivity index (χ4v) is 14.8. The summed E-state index contributed by atoms with van der Waals surface area (Å²) in [5.41, 5.74) is 29.5. The van der Waals surface area contributed by atoms with Crippen molar-refractivity contribution in [2.75, 3.05) is 0 Å². The normalized spacial score (nSPS) is 24.2. The second-order valence-electron chi connectivity index (χ2n) is 24.9. The molecule has 16 bridgehead atoms. The van der Waals surface area contributed by atoms with E-state index in [0.29, 0.717) is 50.3 Å². The van der Waals surface area contributed by atoms with E-state index < -0.39 is 0 Å². The zero-order chi connectivity index (χ0) is 61.7. The Morgan fingerprint density at radius 2 is 0.955 bits per heavy atom. The van der Waals surface area contributed by atoms with E-state index in [4.69, 9.17) is 30.0 Å². The highest BCUT2D eigenvalue weighted by Crippen LogP contribution is 2.49. The molecular formula is C74H76N10O4. The van der Waals surface area contributed by atoms with Crippen molar-refractivity contribution in [2.45, 2.75) is 134 Å². The van der Waals surface area contributed by atoms with E-state index >= 15 is 0 Å². The van der Waals surface area contributed by atoms with Gasteiger partial charge in [-0.1, -0.05) is 77.3 Å². The minimum absolute atomic E-state index is 0.00227. The first kappa shape index (κ1) is 57.8. The summed E-state index contributed by atoms with van der Waals surface area (Å²) in [6.07, 6.45) is 20.2. The number of carbonyl (C=O) groups is 2. The number of amides is 2. The lowest BCUT2D eigenvalue weighted by Gasteiger charge is -2.18. The predicted molar refractivity (Wildman–Crippen MR) is 353 cm³/mol. The van der Waals surface area contributed by atoms with E-state index in [-0.39, 0.29) is 48.3 Å². The minimum atomic E-state index is -0.0709. The molecule has 10 heterocycles. The average Bonchev–Trinajstić information content (AvgIpc) is 1.66.